The predicted molar refractivity (Wildman–Crippen MR) is 123 cm³/mol. The summed E-state index contributed by atoms with van der Waals surface area (Å²) in [5, 5.41) is 0. The zero-order chi connectivity index (χ0) is 19.0. The van der Waals surface area contributed by atoms with Crippen LogP contribution in [0, 0.1) is 0 Å². The number of imidazole rings is 1. The van der Waals surface area contributed by atoms with Crippen molar-refractivity contribution >= 4 is 12.4 Å². The topological polar surface area (TPSA) is 17.8 Å². The molecule has 0 aliphatic heterocycles. The minimum atomic E-state index is 0. The molecule has 0 aliphatic carbocycles. The third kappa shape index (κ3) is 5.58. The zero-order valence-electron chi connectivity index (χ0n) is 16.5. The Balaban J connectivity index is 0.00000240. The van der Waals surface area contributed by atoms with Crippen LogP contribution in [0.4, 0.5) is 0 Å². The Morgan fingerprint density at radius 3 is 1.86 bits per heavy atom. The second kappa shape index (κ2) is 10.6. The standard InChI is InChI=1S/C26H26N2.ClH/c1-4-11-22(12-5-1)20-28-21-27-19-25(28)17-10-18-26(23-13-6-2-7-14-23)24-15-8-3-9-16-24;/h1-9,11-16,19,21,26H,10,17-18,20H2;1H. The van der Waals surface area contributed by atoms with Crippen LogP contribution < -0.4 is 0 Å². The fraction of sp³-hybridized carbons (Fsp3) is 0.192. The first-order valence-electron chi connectivity index (χ1n) is 10.0. The predicted octanol–water partition coefficient (Wildman–Crippen LogP) is 6.51. The molecule has 4 aromatic rings. The Labute approximate surface area is 179 Å². The van der Waals surface area contributed by atoms with Gasteiger partial charge in [0.2, 0.25) is 0 Å². The summed E-state index contributed by atoms with van der Waals surface area (Å²) in [5.74, 6) is 0.438. The molecule has 1 aromatic heterocycles. The van der Waals surface area contributed by atoms with Gasteiger partial charge in [0, 0.05) is 24.4 Å². The van der Waals surface area contributed by atoms with E-state index in [0.717, 1.165) is 25.8 Å². The Kier molecular flexibility index (Phi) is 7.66. The molecule has 148 valence electrons. The molecule has 0 saturated carbocycles. The second-order valence-corrected chi connectivity index (χ2v) is 7.26. The number of nitrogens with zero attached hydrogens (tertiary/aromatic N) is 2. The minimum absolute atomic E-state index is 0. The summed E-state index contributed by atoms with van der Waals surface area (Å²) in [4.78, 5) is 4.40. The molecule has 0 spiro atoms. The maximum absolute atomic E-state index is 4.40. The Hall–Kier alpha value is -2.84. The van der Waals surface area contributed by atoms with Crippen LogP contribution in [0.5, 0.6) is 0 Å². The van der Waals surface area contributed by atoms with Crippen molar-refractivity contribution in [2.24, 2.45) is 0 Å². The van der Waals surface area contributed by atoms with Crippen LogP contribution in [-0.2, 0) is 13.0 Å². The number of rotatable bonds is 8. The third-order valence-electron chi connectivity index (χ3n) is 5.32. The average molecular weight is 403 g/mol. The monoisotopic (exact) mass is 402 g/mol. The molecule has 0 fully saturated rings. The fourth-order valence-corrected chi connectivity index (χ4v) is 3.86. The summed E-state index contributed by atoms with van der Waals surface area (Å²) in [7, 11) is 0. The van der Waals surface area contributed by atoms with Gasteiger partial charge in [-0.05, 0) is 36.0 Å². The van der Waals surface area contributed by atoms with Gasteiger partial charge in [-0.25, -0.2) is 4.98 Å². The van der Waals surface area contributed by atoms with Gasteiger partial charge in [0.25, 0.3) is 0 Å². The van der Waals surface area contributed by atoms with E-state index in [1.807, 2.05) is 12.5 Å². The van der Waals surface area contributed by atoms with Crippen molar-refractivity contribution in [1.29, 1.82) is 0 Å². The van der Waals surface area contributed by atoms with E-state index in [2.05, 4.69) is 101 Å². The fourth-order valence-electron chi connectivity index (χ4n) is 3.86. The number of aromatic nitrogens is 2. The van der Waals surface area contributed by atoms with Crippen LogP contribution in [-0.4, -0.2) is 9.55 Å². The Bertz CT molecular complexity index is 926. The van der Waals surface area contributed by atoms with Crippen LogP contribution in [0.2, 0.25) is 0 Å². The van der Waals surface area contributed by atoms with E-state index in [-0.39, 0.29) is 12.4 Å². The number of benzene rings is 3. The molecular weight excluding hydrogens is 376 g/mol. The average Bonchev–Trinajstić information content (AvgIpc) is 3.20. The van der Waals surface area contributed by atoms with Crippen molar-refractivity contribution < 1.29 is 0 Å². The molecule has 1 heterocycles. The smallest absolute Gasteiger partial charge is 0.0951 e. The summed E-state index contributed by atoms with van der Waals surface area (Å²) >= 11 is 0. The van der Waals surface area contributed by atoms with E-state index in [4.69, 9.17) is 0 Å². The Morgan fingerprint density at radius 1 is 0.724 bits per heavy atom. The molecule has 3 aromatic carbocycles. The van der Waals surface area contributed by atoms with Crippen LogP contribution in [0.15, 0.2) is 104 Å². The molecule has 0 atom stereocenters. The summed E-state index contributed by atoms with van der Waals surface area (Å²) < 4.78 is 2.27. The number of halogens is 1. The van der Waals surface area contributed by atoms with Crippen LogP contribution in [0.25, 0.3) is 0 Å². The first kappa shape index (κ1) is 20.9. The SMILES string of the molecule is Cl.c1ccc(Cn2cncc2CCCC(c2ccccc2)c2ccccc2)cc1. The largest absolute Gasteiger partial charge is 0.330 e. The third-order valence-corrected chi connectivity index (χ3v) is 5.32. The molecule has 0 amide bonds. The molecule has 4 rings (SSSR count). The lowest BCUT2D eigenvalue weighted by molar-refractivity contribution is 0.633. The van der Waals surface area contributed by atoms with E-state index >= 15 is 0 Å². The minimum Gasteiger partial charge on any atom is -0.330 e. The van der Waals surface area contributed by atoms with Crippen molar-refractivity contribution in [1.82, 2.24) is 9.55 Å². The molecule has 0 aliphatic rings. The van der Waals surface area contributed by atoms with E-state index < -0.39 is 0 Å². The van der Waals surface area contributed by atoms with Gasteiger partial charge in [-0.3, -0.25) is 0 Å². The van der Waals surface area contributed by atoms with Gasteiger partial charge >= 0.3 is 0 Å². The first-order chi connectivity index (χ1) is 13.9. The van der Waals surface area contributed by atoms with E-state index in [1.54, 1.807) is 0 Å². The molecule has 0 unspecified atom stereocenters. The number of hydrogen-bond donors (Lipinski definition) is 0. The van der Waals surface area contributed by atoms with Crippen LogP contribution in [0.1, 0.15) is 41.1 Å². The van der Waals surface area contributed by atoms with E-state index in [1.165, 1.54) is 22.4 Å². The van der Waals surface area contributed by atoms with Gasteiger partial charge in [-0.2, -0.15) is 0 Å². The highest BCUT2D eigenvalue weighted by Crippen LogP contribution is 2.29. The zero-order valence-corrected chi connectivity index (χ0v) is 17.3. The molecule has 0 bridgehead atoms. The molecule has 2 nitrogen and oxygen atoms in total. The highest BCUT2D eigenvalue weighted by Gasteiger charge is 2.14. The molecule has 0 N–H and O–H groups in total. The molecular formula is C26H27ClN2. The van der Waals surface area contributed by atoms with Gasteiger partial charge in [0.05, 0.1) is 6.33 Å². The van der Waals surface area contributed by atoms with Gasteiger partial charge in [0.15, 0.2) is 0 Å². The lowest BCUT2D eigenvalue weighted by atomic mass is 9.87. The molecule has 29 heavy (non-hydrogen) atoms. The lowest BCUT2D eigenvalue weighted by Gasteiger charge is -2.18. The van der Waals surface area contributed by atoms with Crippen molar-refractivity contribution in [2.45, 2.75) is 31.7 Å². The van der Waals surface area contributed by atoms with E-state index in [9.17, 15) is 0 Å². The summed E-state index contributed by atoms with van der Waals surface area (Å²) in [6.45, 7) is 0.886. The second-order valence-electron chi connectivity index (χ2n) is 7.26. The Morgan fingerprint density at radius 2 is 1.28 bits per heavy atom. The maximum Gasteiger partial charge on any atom is 0.0951 e. The van der Waals surface area contributed by atoms with Gasteiger partial charge in [-0.15, -0.1) is 12.4 Å². The van der Waals surface area contributed by atoms with Gasteiger partial charge in [-0.1, -0.05) is 91.0 Å². The van der Waals surface area contributed by atoms with Gasteiger partial charge in [0.1, 0.15) is 0 Å². The summed E-state index contributed by atoms with van der Waals surface area (Å²) in [5.41, 5.74) is 5.41. The normalized spacial score (nSPS) is 10.7. The number of hydrogen-bond acceptors (Lipinski definition) is 1. The van der Waals surface area contributed by atoms with Crippen molar-refractivity contribution in [3.63, 3.8) is 0 Å². The molecule has 3 heteroatoms. The highest BCUT2D eigenvalue weighted by molar-refractivity contribution is 5.85. The maximum atomic E-state index is 4.40. The summed E-state index contributed by atoms with van der Waals surface area (Å²) in [6, 6.07) is 32.3. The quantitative estimate of drug-likeness (QED) is 0.328. The molecule has 0 radical (unpaired) electrons. The lowest BCUT2D eigenvalue weighted by Crippen LogP contribution is -2.05. The summed E-state index contributed by atoms with van der Waals surface area (Å²) in [6.07, 6.45) is 7.28. The van der Waals surface area contributed by atoms with Crippen molar-refractivity contribution in [2.75, 3.05) is 0 Å². The molecule has 0 saturated heterocycles. The van der Waals surface area contributed by atoms with Crippen molar-refractivity contribution in [3.8, 4) is 0 Å². The van der Waals surface area contributed by atoms with Crippen LogP contribution in [0.3, 0.4) is 0 Å². The van der Waals surface area contributed by atoms with E-state index in [0.29, 0.717) is 5.92 Å². The number of aryl methyl sites for hydroxylation is 1. The van der Waals surface area contributed by atoms with Crippen molar-refractivity contribution in [3.05, 3.63) is 126 Å². The highest BCUT2D eigenvalue weighted by atomic mass is 35.5. The van der Waals surface area contributed by atoms with Gasteiger partial charge < -0.3 is 4.57 Å². The van der Waals surface area contributed by atoms with Crippen LogP contribution >= 0.6 is 12.4 Å². The first-order valence-corrected chi connectivity index (χ1v) is 10.0.